The molecule has 0 radical (unpaired) electrons. The Kier molecular flexibility index (Phi) is 8.04. The average molecular weight is 408 g/mol. The maximum Gasteiger partial charge on any atom is 0.262 e. The van der Waals surface area contributed by atoms with Crippen LogP contribution in [0, 0.1) is 4.77 Å². The fourth-order valence-corrected chi connectivity index (χ4v) is 3.13. The number of hydrogen-bond donors (Lipinski definition) is 2. The first-order chi connectivity index (χ1) is 13.4. The molecule has 2 rings (SSSR count). The minimum absolute atomic E-state index is 0.0157. The van der Waals surface area contributed by atoms with E-state index in [-0.39, 0.29) is 17.5 Å². The van der Waals surface area contributed by atoms with Crippen molar-refractivity contribution in [3.63, 3.8) is 0 Å². The van der Waals surface area contributed by atoms with Crippen LogP contribution in [0.4, 0.5) is 0 Å². The molecule has 0 unspecified atom stereocenters. The number of ether oxygens (including phenoxy) is 2. The maximum absolute atomic E-state index is 13.0. The molecule has 0 saturated carbocycles. The lowest BCUT2D eigenvalue weighted by molar-refractivity contribution is -0.121. The number of H-pyrrole nitrogens is 1. The first kappa shape index (κ1) is 21.9. The molecule has 1 atom stereocenters. The number of aromatic nitrogens is 2. The highest BCUT2D eigenvalue weighted by Gasteiger charge is 2.13. The van der Waals surface area contributed by atoms with Crippen molar-refractivity contribution in [3.05, 3.63) is 27.3 Å². The van der Waals surface area contributed by atoms with E-state index in [1.54, 1.807) is 12.1 Å². The van der Waals surface area contributed by atoms with E-state index in [1.165, 1.54) is 4.57 Å². The van der Waals surface area contributed by atoms with Crippen LogP contribution in [-0.4, -0.2) is 34.7 Å². The van der Waals surface area contributed by atoms with Crippen LogP contribution in [0.15, 0.2) is 16.9 Å². The standard InChI is InChI=1S/C20H29N3O4S/c1-5-13(4)21-18(24)9-8-10-23-19(25)14-11-16(26-6-2)17(27-7-3)12-15(14)22-20(23)28/h11-13H,5-10H2,1-4H3,(H,21,24)(H,22,28)/t13-/m0/s1. The monoisotopic (exact) mass is 407 g/mol. The Morgan fingerprint density at radius 3 is 2.46 bits per heavy atom. The summed E-state index contributed by atoms with van der Waals surface area (Å²) in [6, 6.07) is 3.57. The van der Waals surface area contributed by atoms with Gasteiger partial charge in [0.25, 0.3) is 5.56 Å². The van der Waals surface area contributed by atoms with Gasteiger partial charge in [-0.25, -0.2) is 0 Å². The van der Waals surface area contributed by atoms with Crippen LogP contribution in [0.2, 0.25) is 0 Å². The normalized spacial score (nSPS) is 12.0. The summed E-state index contributed by atoms with van der Waals surface area (Å²) in [5, 5.41) is 3.40. The minimum Gasteiger partial charge on any atom is -0.490 e. The molecule has 0 fully saturated rings. The number of rotatable bonds is 10. The molecule has 0 aliphatic heterocycles. The van der Waals surface area contributed by atoms with E-state index in [0.29, 0.717) is 59.8 Å². The summed E-state index contributed by atoms with van der Waals surface area (Å²) in [6.07, 6.45) is 1.75. The van der Waals surface area contributed by atoms with Gasteiger partial charge in [-0.15, -0.1) is 0 Å². The third kappa shape index (κ3) is 5.34. The lowest BCUT2D eigenvalue weighted by Gasteiger charge is -2.14. The van der Waals surface area contributed by atoms with Crippen LogP contribution < -0.4 is 20.3 Å². The zero-order valence-electron chi connectivity index (χ0n) is 17.0. The summed E-state index contributed by atoms with van der Waals surface area (Å²) in [6.45, 7) is 9.07. The first-order valence-corrected chi connectivity index (χ1v) is 10.2. The zero-order valence-corrected chi connectivity index (χ0v) is 17.8. The molecule has 1 heterocycles. The molecule has 0 bridgehead atoms. The molecule has 7 nitrogen and oxygen atoms in total. The fourth-order valence-electron chi connectivity index (χ4n) is 2.85. The van der Waals surface area contributed by atoms with E-state index < -0.39 is 0 Å². The molecule has 1 aromatic heterocycles. The summed E-state index contributed by atoms with van der Waals surface area (Å²) < 4.78 is 13.0. The smallest absolute Gasteiger partial charge is 0.262 e. The molecule has 1 amide bonds. The van der Waals surface area contributed by atoms with Crippen LogP contribution in [0.5, 0.6) is 11.5 Å². The van der Waals surface area contributed by atoms with Crippen molar-refractivity contribution >= 4 is 29.0 Å². The Labute approximate surface area is 170 Å². The third-order valence-corrected chi connectivity index (χ3v) is 4.77. The van der Waals surface area contributed by atoms with Crippen LogP contribution in [-0.2, 0) is 11.3 Å². The van der Waals surface area contributed by atoms with E-state index in [4.69, 9.17) is 21.7 Å². The molecular weight excluding hydrogens is 378 g/mol. The molecule has 0 spiro atoms. The lowest BCUT2D eigenvalue weighted by Crippen LogP contribution is -2.32. The Hall–Kier alpha value is -2.35. The van der Waals surface area contributed by atoms with Gasteiger partial charge < -0.3 is 19.8 Å². The second-order valence-electron chi connectivity index (χ2n) is 6.58. The molecular formula is C20H29N3O4S. The number of nitrogens with one attached hydrogen (secondary N) is 2. The van der Waals surface area contributed by atoms with Crippen LogP contribution in [0.3, 0.4) is 0 Å². The molecule has 154 valence electrons. The van der Waals surface area contributed by atoms with Gasteiger partial charge in [-0.05, 0) is 51.9 Å². The number of amides is 1. The molecule has 2 N–H and O–H groups in total. The molecule has 28 heavy (non-hydrogen) atoms. The number of hydrogen-bond acceptors (Lipinski definition) is 5. The predicted octanol–water partition coefficient (Wildman–Crippen LogP) is 3.55. The van der Waals surface area contributed by atoms with E-state index in [1.807, 2.05) is 27.7 Å². The van der Waals surface area contributed by atoms with Gasteiger partial charge in [0, 0.05) is 25.1 Å². The Balaban J connectivity index is 2.27. The Morgan fingerprint density at radius 2 is 1.86 bits per heavy atom. The summed E-state index contributed by atoms with van der Waals surface area (Å²) >= 11 is 5.36. The Bertz CT molecular complexity index is 935. The highest BCUT2D eigenvalue weighted by Crippen LogP contribution is 2.30. The second-order valence-corrected chi connectivity index (χ2v) is 6.96. The van der Waals surface area contributed by atoms with Crippen molar-refractivity contribution < 1.29 is 14.3 Å². The van der Waals surface area contributed by atoms with Crippen molar-refractivity contribution in [1.82, 2.24) is 14.9 Å². The Morgan fingerprint density at radius 1 is 1.21 bits per heavy atom. The summed E-state index contributed by atoms with van der Waals surface area (Å²) in [5.74, 6) is 1.08. The lowest BCUT2D eigenvalue weighted by atomic mass is 10.2. The quantitative estimate of drug-likeness (QED) is 0.588. The van der Waals surface area contributed by atoms with E-state index in [9.17, 15) is 9.59 Å². The SMILES string of the molecule is CCOc1cc2[nH]c(=S)n(CCCC(=O)N[C@@H](C)CC)c(=O)c2cc1OCC. The van der Waals surface area contributed by atoms with E-state index in [2.05, 4.69) is 10.3 Å². The van der Waals surface area contributed by atoms with Gasteiger partial charge in [-0.3, -0.25) is 14.2 Å². The van der Waals surface area contributed by atoms with Crippen molar-refractivity contribution in [1.29, 1.82) is 0 Å². The van der Waals surface area contributed by atoms with Crippen LogP contribution in [0.1, 0.15) is 47.0 Å². The van der Waals surface area contributed by atoms with Crippen molar-refractivity contribution in [2.45, 2.75) is 59.5 Å². The van der Waals surface area contributed by atoms with Gasteiger partial charge in [0.1, 0.15) is 0 Å². The molecule has 2 aromatic rings. The largest absolute Gasteiger partial charge is 0.490 e. The highest BCUT2D eigenvalue weighted by atomic mass is 32.1. The predicted molar refractivity (Wildman–Crippen MR) is 113 cm³/mol. The summed E-state index contributed by atoms with van der Waals surface area (Å²) in [4.78, 5) is 28.0. The van der Waals surface area contributed by atoms with Crippen LogP contribution >= 0.6 is 12.2 Å². The van der Waals surface area contributed by atoms with Gasteiger partial charge in [0.05, 0.1) is 24.1 Å². The van der Waals surface area contributed by atoms with Gasteiger partial charge in [-0.1, -0.05) is 6.92 Å². The fraction of sp³-hybridized carbons (Fsp3) is 0.550. The average Bonchev–Trinajstić information content (AvgIpc) is 2.65. The van der Waals surface area contributed by atoms with E-state index >= 15 is 0 Å². The molecule has 8 heteroatoms. The van der Waals surface area contributed by atoms with Crippen LogP contribution in [0.25, 0.3) is 10.9 Å². The van der Waals surface area contributed by atoms with Gasteiger partial charge in [-0.2, -0.15) is 0 Å². The second kappa shape index (κ2) is 10.3. The zero-order chi connectivity index (χ0) is 20.7. The summed E-state index contributed by atoms with van der Waals surface area (Å²) in [5.41, 5.74) is 0.401. The number of carbonyl (C=O) groups is 1. The molecule has 0 aliphatic rings. The van der Waals surface area contributed by atoms with Crippen molar-refractivity contribution in [2.75, 3.05) is 13.2 Å². The van der Waals surface area contributed by atoms with Gasteiger partial charge in [0.2, 0.25) is 5.91 Å². The first-order valence-electron chi connectivity index (χ1n) is 9.77. The molecule has 1 aromatic carbocycles. The topological polar surface area (TPSA) is 85.4 Å². The number of benzene rings is 1. The van der Waals surface area contributed by atoms with Crippen molar-refractivity contribution in [2.24, 2.45) is 0 Å². The highest BCUT2D eigenvalue weighted by molar-refractivity contribution is 7.71. The summed E-state index contributed by atoms with van der Waals surface area (Å²) in [7, 11) is 0. The number of nitrogens with zero attached hydrogens (tertiary/aromatic N) is 1. The third-order valence-electron chi connectivity index (χ3n) is 4.45. The maximum atomic E-state index is 13.0. The number of aromatic amines is 1. The van der Waals surface area contributed by atoms with Crippen molar-refractivity contribution in [3.8, 4) is 11.5 Å². The molecule has 0 aliphatic carbocycles. The minimum atomic E-state index is -0.204. The number of carbonyl (C=O) groups excluding carboxylic acids is 1. The van der Waals surface area contributed by atoms with Gasteiger partial charge in [0.15, 0.2) is 16.3 Å². The number of fused-ring (bicyclic) bond motifs is 1. The van der Waals surface area contributed by atoms with Gasteiger partial charge >= 0.3 is 0 Å². The van der Waals surface area contributed by atoms with E-state index in [0.717, 1.165) is 6.42 Å². The molecule has 0 saturated heterocycles.